The Morgan fingerprint density at radius 1 is 0.955 bits per heavy atom. The molecule has 4 nitrogen and oxygen atoms in total. The second kappa shape index (κ2) is 9.03. The standard InChI is InChI=1S/C18H29NO3/c1-12(2)15-10-16(13(3)4)17(9-14(15)11-19)18(21-6)22-8-7-20-5/h9-13,18-19H,7-8H2,1-6H3. The largest absolute Gasteiger partial charge is 0.382 e. The van der Waals surface area contributed by atoms with Gasteiger partial charge in [0.1, 0.15) is 0 Å². The summed E-state index contributed by atoms with van der Waals surface area (Å²) in [6, 6.07) is 4.22. The summed E-state index contributed by atoms with van der Waals surface area (Å²) in [7, 11) is 3.29. The number of hydrogen-bond acceptors (Lipinski definition) is 4. The van der Waals surface area contributed by atoms with E-state index in [2.05, 4.69) is 33.8 Å². The van der Waals surface area contributed by atoms with Gasteiger partial charge in [-0.1, -0.05) is 33.8 Å². The third-order valence-electron chi connectivity index (χ3n) is 3.71. The molecule has 0 radical (unpaired) electrons. The molecule has 1 aromatic carbocycles. The van der Waals surface area contributed by atoms with Gasteiger partial charge >= 0.3 is 0 Å². The molecule has 1 rings (SSSR count). The summed E-state index contributed by atoms with van der Waals surface area (Å²) in [5.74, 6) is 0.731. The van der Waals surface area contributed by atoms with Crippen molar-refractivity contribution in [1.29, 1.82) is 5.41 Å². The molecule has 0 spiro atoms. The van der Waals surface area contributed by atoms with Crippen LogP contribution in [0, 0.1) is 5.41 Å². The van der Waals surface area contributed by atoms with E-state index in [4.69, 9.17) is 19.6 Å². The van der Waals surface area contributed by atoms with Crippen LogP contribution in [0.25, 0.3) is 0 Å². The van der Waals surface area contributed by atoms with Crippen LogP contribution >= 0.6 is 0 Å². The van der Waals surface area contributed by atoms with E-state index >= 15 is 0 Å². The van der Waals surface area contributed by atoms with Gasteiger partial charge in [0.05, 0.1) is 13.2 Å². The summed E-state index contributed by atoms with van der Waals surface area (Å²) < 4.78 is 16.3. The number of nitrogens with one attached hydrogen (secondary N) is 1. The summed E-state index contributed by atoms with van der Waals surface area (Å²) in [4.78, 5) is 0. The maximum absolute atomic E-state index is 7.69. The first kappa shape index (κ1) is 18.8. The van der Waals surface area contributed by atoms with Crippen LogP contribution in [0.4, 0.5) is 0 Å². The number of ether oxygens (including phenoxy) is 3. The molecular weight excluding hydrogens is 278 g/mol. The molecule has 1 unspecified atom stereocenters. The molecule has 0 saturated heterocycles. The van der Waals surface area contributed by atoms with Crippen molar-refractivity contribution in [1.82, 2.24) is 0 Å². The Bertz CT molecular complexity index is 483. The Morgan fingerprint density at radius 3 is 2.05 bits per heavy atom. The van der Waals surface area contributed by atoms with Crippen molar-refractivity contribution in [3.05, 3.63) is 34.4 Å². The van der Waals surface area contributed by atoms with Gasteiger partial charge in [0, 0.05) is 26.0 Å². The second-order valence-corrected chi connectivity index (χ2v) is 6.00. The van der Waals surface area contributed by atoms with Crippen molar-refractivity contribution < 1.29 is 14.2 Å². The SMILES string of the molecule is COCCOC(OC)c1cc(C=N)c(C(C)C)cc1C(C)C. The minimum absolute atomic E-state index is 0.357. The number of methoxy groups -OCH3 is 2. The molecule has 1 N–H and O–H groups in total. The molecule has 0 saturated carbocycles. The summed E-state index contributed by atoms with van der Waals surface area (Å²) >= 11 is 0. The van der Waals surface area contributed by atoms with Gasteiger partial charge in [-0.3, -0.25) is 0 Å². The quantitative estimate of drug-likeness (QED) is 0.422. The highest BCUT2D eigenvalue weighted by atomic mass is 16.7. The summed E-state index contributed by atoms with van der Waals surface area (Å²) in [6.45, 7) is 9.62. The van der Waals surface area contributed by atoms with E-state index in [0.29, 0.717) is 25.0 Å². The van der Waals surface area contributed by atoms with Gasteiger partial charge in [-0.2, -0.15) is 0 Å². The topological polar surface area (TPSA) is 51.5 Å². The average Bonchev–Trinajstić information content (AvgIpc) is 2.50. The summed E-state index contributed by atoms with van der Waals surface area (Å²) in [5.41, 5.74) is 4.32. The van der Waals surface area contributed by atoms with Crippen molar-refractivity contribution in [2.75, 3.05) is 27.4 Å². The first-order chi connectivity index (χ1) is 10.5. The lowest BCUT2D eigenvalue weighted by Gasteiger charge is -2.24. The molecule has 0 fully saturated rings. The number of hydrogen-bond donors (Lipinski definition) is 1. The van der Waals surface area contributed by atoms with Gasteiger partial charge in [-0.25, -0.2) is 0 Å². The molecule has 1 aromatic rings. The van der Waals surface area contributed by atoms with Gasteiger partial charge in [0.25, 0.3) is 0 Å². The Morgan fingerprint density at radius 2 is 1.59 bits per heavy atom. The maximum atomic E-state index is 7.69. The normalized spacial score (nSPS) is 12.9. The second-order valence-electron chi connectivity index (χ2n) is 6.00. The van der Waals surface area contributed by atoms with Crippen molar-refractivity contribution >= 4 is 6.21 Å². The van der Waals surface area contributed by atoms with Crippen LogP contribution < -0.4 is 0 Å². The van der Waals surface area contributed by atoms with Crippen LogP contribution in [0.5, 0.6) is 0 Å². The Labute approximate surface area is 134 Å². The van der Waals surface area contributed by atoms with Gasteiger partial charge < -0.3 is 19.6 Å². The van der Waals surface area contributed by atoms with Crippen LogP contribution in [-0.4, -0.2) is 33.6 Å². The minimum Gasteiger partial charge on any atom is -0.382 e. The van der Waals surface area contributed by atoms with Crippen LogP contribution in [0.15, 0.2) is 12.1 Å². The van der Waals surface area contributed by atoms with Crippen molar-refractivity contribution in [3.8, 4) is 0 Å². The van der Waals surface area contributed by atoms with Crippen molar-refractivity contribution in [2.24, 2.45) is 0 Å². The molecule has 0 bridgehead atoms. The van der Waals surface area contributed by atoms with Crippen LogP contribution in [0.1, 0.15) is 68.1 Å². The molecule has 4 heteroatoms. The minimum atomic E-state index is -0.438. The van der Waals surface area contributed by atoms with Crippen LogP contribution in [0.3, 0.4) is 0 Å². The molecule has 0 aromatic heterocycles. The highest BCUT2D eigenvalue weighted by molar-refractivity contribution is 5.80. The Hall–Kier alpha value is -1.23. The van der Waals surface area contributed by atoms with E-state index in [1.54, 1.807) is 14.2 Å². The highest BCUT2D eigenvalue weighted by Gasteiger charge is 2.20. The highest BCUT2D eigenvalue weighted by Crippen LogP contribution is 2.32. The molecule has 0 heterocycles. The van der Waals surface area contributed by atoms with Gasteiger partial charge in [-0.05, 0) is 34.6 Å². The van der Waals surface area contributed by atoms with E-state index in [1.807, 2.05) is 6.07 Å². The molecule has 0 aliphatic rings. The van der Waals surface area contributed by atoms with Crippen molar-refractivity contribution in [3.63, 3.8) is 0 Å². The molecule has 124 valence electrons. The monoisotopic (exact) mass is 307 g/mol. The first-order valence-corrected chi connectivity index (χ1v) is 7.77. The lowest BCUT2D eigenvalue weighted by Crippen LogP contribution is -2.14. The molecule has 0 aliphatic carbocycles. The number of rotatable bonds is 9. The Balaban J connectivity index is 3.27. The third-order valence-corrected chi connectivity index (χ3v) is 3.71. The van der Waals surface area contributed by atoms with E-state index < -0.39 is 6.29 Å². The number of benzene rings is 1. The van der Waals surface area contributed by atoms with Gasteiger partial charge in [-0.15, -0.1) is 0 Å². The maximum Gasteiger partial charge on any atom is 0.183 e. The zero-order valence-electron chi connectivity index (χ0n) is 14.6. The van der Waals surface area contributed by atoms with E-state index in [9.17, 15) is 0 Å². The molecule has 22 heavy (non-hydrogen) atoms. The third kappa shape index (κ3) is 4.63. The fraction of sp³-hybridized carbons (Fsp3) is 0.611. The lowest BCUT2D eigenvalue weighted by atomic mass is 9.88. The summed E-state index contributed by atoms with van der Waals surface area (Å²) in [5, 5.41) is 7.69. The van der Waals surface area contributed by atoms with Crippen LogP contribution in [-0.2, 0) is 14.2 Å². The zero-order chi connectivity index (χ0) is 16.7. The van der Waals surface area contributed by atoms with Crippen LogP contribution in [0.2, 0.25) is 0 Å². The predicted octanol–water partition coefficient (Wildman–Crippen LogP) is 4.24. The average molecular weight is 307 g/mol. The molecule has 1 atom stereocenters. The first-order valence-electron chi connectivity index (χ1n) is 7.77. The van der Waals surface area contributed by atoms with Gasteiger partial charge in [0.15, 0.2) is 6.29 Å². The van der Waals surface area contributed by atoms with E-state index in [1.165, 1.54) is 17.3 Å². The summed E-state index contributed by atoms with van der Waals surface area (Å²) in [6.07, 6.45) is 0.970. The fourth-order valence-corrected chi connectivity index (χ4v) is 2.52. The smallest absolute Gasteiger partial charge is 0.183 e. The molecule has 0 aliphatic heterocycles. The predicted molar refractivity (Wildman–Crippen MR) is 90.1 cm³/mol. The van der Waals surface area contributed by atoms with Crippen molar-refractivity contribution in [2.45, 2.75) is 45.8 Å². The molecule has 0 amide bonds. The molecular formula is C18H29NO3. The zero-order valence-corrected chi connectivity index (χ0v) is 14.6. The van der Waals surface area contributed by atoms with Gasteiger partial charge in [0.2, 0.25) is 0 Å². The van der Waals surface area contributed by atoms with E-state index in [0.717, 1.165) is 11.1 Å². The van der Waals surface area contributed by atoms with E-state index in [-0.39, 0.29) is 0 Å². The lowest BCUT2D eigenvalue weighted by molar-refractivity contribution is -0.136. The fourth-order valence-electron chi connectivity index (χ4n) is 2.52. The Kier molecular flexibility index (Phi) is 7.73.